The number of ether oxygens (including phenoxy) is 2. The summed E-state index contributed by atoms with van der Waals surface area (Å²) in [7, 11) is 3.22. The molecule has 0 aliphatic carbocycles. The molecule has 0 saturated carbocycles. The predicted octanol–water partition coefficient (Wildman–Crippen LogP) is 2.43. The van der Waals surface area contributed by atoms with Gasteiger partial charge in [0, 0.05) is 5.25 Å². The summed E-state index contributed by atoms with van der Waals surface area (Å²) < 4.78 is 10.5. The van der Waals surface area contributed by atoms with Crippen molar-refractivity contribution in [2.75, 3.05) is 26.5 Å². The van der Waals surface area contributed by atoms with Gasteiger partial charge in [0.1, 0.15) is 5.69 Å². The molecule has 1 fully saturated rings. The Bertz CT molecular complexity index is 425. The quantitative estimate of drug-likeness (QED) is 0.834. The van der Waals surface area contributed by atoms with Crippen LogP contribution < -0.4 is 14.8 Å². The van der Waals surface area contributed by atoms with Crippen molar-refractivity contribution in [2.24, 2.45) is 0 Å². The Balaban J connectivity index is 2.26. The largest absolute Gasteiger partial charge is 0.480 e. The molecule has 1 saturated heterocycles. The van der Waals surface area contributed by atoms with E-state index in [0.29, 0.717) is 17.0 Å². The summed E-state index contributed by atoms with van der Waals surface area (Å²) in [6.07, 6.45) is 5.24. The third kappa shape index (κ3) is 3.55. The van der Waals surface area contributed by atoms with Crippen LogP contribution in [0.1, 0.15) is 37.9 Å². The second kappa shape index (κ2) is 7.69. The molecule has 0 spiro atoms. The van der Waals surface area contributed by atoms with Gasteiger partial charge in [0.15, 0.2) is 0 Å². The van der Waals surface area contributed by atoms with E-state index in [1.807, 2.05) is 11.8 Å². The Morgan fingerprint density at radius 2 is 2.30 bits per heavy atom. The van der Waals surface area contributed by atoms with Crippen LogP contribution in [0.3, 0.4) is 0 Å². The van der Waals surface area contributed by atoms with Crippen LogP contribution in [0.5, 0.6) is 11.8 Å². The number of thioether (sulfide) groups is 1. The lowest BCUT2D eigenvalue weighted by Gasteiger charge is -2.24. The molecule has 112 valence electrons. The molecule has 1 aromatic rings. The smallest absolute Gasteiger partial charge is 0.240 e. The topological polar surface area (TPSA) is 56.3 Å². The zero-order valence-electron chi connectivity index (χ0n) is 12.4. The van der Waals surface area contributed by atoms with Crippen molar-refractivity contribution in [3.8, 4) is 11.8 Å². The Morgan fingerprint density at radius 1 is 1.45 bits per heavy atom. The summed E-state index contributed by atoms with van der Waals surface area (Å²) in [6.45, 7) is 3.14. The van der Waals surface area contributed by atoms with E-state index in [9.17, 15) is 0 Å². The molecule has 2 rings (SSSR count). The molecule has 5 nitrogen and oxygen atoms in total. The molecule has 0 radical (unpaired) electrons. The van der Waals surface area contributed by atoms with Gasteiger partial charge in [-0.15, -0.1) is 0 Å². The third-order valence-corrected chi connectivity index (χ3v) is 4.85. The van der Waals surface area contributed by atoms with E-state index in [1.54, 1.807) is 20.4 Å². The fourth-order valence-electron chi connectivity index (χ4n) is 2.40. The molecular weight excluding hydrogens is 274 g/mol. The lowest BCUT2D eigenvalue weighted by Crippen LogP contribution is -2.31. The molecule has 1 N–H and O–H groups in total. The first-order chi connectivity index (χ1) is 9.80. The lowest BCUT2D eigenvalue weighted by molar-refractivity contribution is 0.347. The van der Waals surface area contributed by atoms with Crippen LogP contribution >= 0.6 is 11.8 Å². The van der Waals surface area contributed by atoms with E-state index < -0.39 is 0 Å². The highest BCUT2D eigenvalue weighted by atomic mass is 32.2. The maximum Gasteiger partial charge on any atom is 0.240 e. The fraction of sp³-hybridized carbons (Fsp3) is 0.714. The monoisotopic (exact) mass is 297 g/mol. The summed E-state index contributed by atoms with van der Waals surface area (Å²) in [5.74, 6) is 2.27. The first kappa shape index (κ1) is 15.4. The molecule has 1 aromatic heterocycles. The second-order valence-corrected chi connectivity index (χ2v) is 6.14. The highest BCUT2D eigenvalue weighted by molar-refractivity contribution is 8.00. The van der Waals surface area contributed by atoms with E-state index in [1.165, 1.54) is 18.6 Å². The van der Waals surface area contributed by atoms with E-state index in [2.05, 4.69) is 22.2 Å². The number of hydrogen-bond donors (Lipinski definition) is 1. The number of rotatable bonds is 7. The number of nitrogens with one attached hydrogen (secondary N) is 1. The van der Waals surface area contributed by atoms with E-state index >= 15 is 0 Å². The van der Waals surface area contributed by atoms with Crippen molar-refractivity contribution in [1.82, 2.24) is 15.3 Å². The first-order valence-electron chi connectivity index (χ1n) is 7.10. The lowest BCUT2D eigenvalue weighted by atomic mass is 10.1. The molecular formula is C14H23N3O2S. The summed E-state index contributed by atoms with van der Waals surface area (Å²) in [5.41, 5.74) is 0.890. The molecule has 1 aliphatic rings. The van der Waals surface area contributed by atoms with Gasteiger partial charge in [-0.1, -0.05) is 6.92 Å². The number of hydrogen-bond acceptors (Lipinski definition) is 6. The van der Waals surface area contributed by atoms with Crippen LogP contribution in [-0.4, -0.2) is 41.7 Å². The Morgan fingerprint density at radius 3 is 2.90 bits per heavy atom. The van der Waals surface area contributed by atoms with Gasteiger partial charge in [-0.05, 0) is 31.6 Å². The van der Waals surface area contributed by atoms with Gasteiger partial charge in [0.2, 0.25) is 11.8 Å². The molecule has 2 heterocycles. The van der Waals surface area contributed by atoms with Crippen molar-refractivity contribution >= 4 is 11.8 Å². The standard InChI is InChI=1S/C14H23N3O2S/c1-4-7-15-12(10-6-5-8-20-10)13-14(19-3)17-11(18-2)9-16-13/h9-10,12,15H,4-8H2,1-3H3. The highest BCUT2D eigenvalue weighted by Crippen LogP contribution is 2.38. The molecule has 0 amide bonds. The third-order valence-electron chi connectivity index (χ3n) is 3.39. The zero-order chi connectivity index (χ0) is 14.4. The highest BCUT2D eigenvalue weighted by Gasteiger charge is 2.30. The van der Waals surface area contributed by atoms with Gasteiger partial charge in [-0.2, -0.15) is 16.7 Å². The van der Waals surface area contributed by atoms with Gasteiger partial charge in [0.05, 0.1) is 26.5 Å². The minimum Gasteiger partial charge on any atom is -0.480 e. The summed E-state index contributed by atoms with van der Waals surface area (Å²) in [5, 5.41) is 4.14. The average molecular weight is 297 g/mol. The van der Waals surface area contributed by atoms with Crippen molar-refractivity contribution in [3.63, 3.8) is 0 Å². The van der Waals surface area contributed by atoms with Gasteiger partial charge in [-0.3, -0.25) is 0 Å². The zero-order valence-corrected chi connectivity index (χ0v) is 13.2. The van der Waals surface area contributed by atoms with Crippen LogP contribution in [0.4, 0.5) is 0 Å². The van der Waals surface area contributed by atoms with Crippen LogP contribution in [0.15, 0.2) is 6.20 Å². The van der Waals surface area contributed by atoms with E-state index in [-0.39, 0.29) is 6.04 Å². The van der Waals surface area contributed by atoms with Crippen LogP contribution in [0.2, 0.25) is 0 Å². The second-order valence-electron chi connectivity index (χ2n) is 4.79. The van der Waals surface area contributed by atoms with Crippen LogP contribution in [0, 0.1) is 0 Å². The molecule has 0 aromatic carbocycles. The van der Waals surface area contributed by atoms with Crippen LogP contribution in [0.25, 0.3) is 0 Å². The molecule has 0 bridgehead atoms. The molecule has 20 heavy (non-hydrogen) atoms. The number of nitrogens with zero attached hydrogens (tertiary/aromatic N) is 2. The van der Waals surface area contributed by atoms with Crippen molar-refractivity contribution in [3.05, 3.63) is 11.9 Å². The van der Waals surface area contributed by atoms with Crippen LogP contribution in [-0.2, 0) is 0 Å². The SMILES string of the molecule is CCCNC(c1ncc(OC)nc1OC)C1CCCS1. The van der Waals surface area contributed by atoms with Gasteiger partial charge in [0.25, 0.3) is 0 Å². The Hall–Kier alpha value is -1.01. The van der Waals surface area contributed by atoms with Gasteiger partial charge < -0.3 is 14.8 Å². The molecule has 2 atom stereocenters. The normalized spacial score (nSPS) is 19.9. The number of aromatic nitrogens is 2. The molecule has 2 unspecified atom stereocenters. The maximum atomic E-state index is 5.41. The van der Waals surface area contributed by atoms with Gasteiger partial charge in [-0.25, -0.2) is 4.98 Å². The molecule has 6 heteroatoms. The first-order valence-corrected chi connectivity index (χ1v) is 8.15. The minimum atomic E-state index is 0.191. The Kier molecular flexibility index (Phi) is 5.91. The fourth-order valence-corrected chi connectivity index (χ4v) is 3.78. The average Bonchev–Trinajstić information content (AvgIpc) is 3.02. The maximum absolute atomic E-state index is 5.41. The van der Waals surface area contributed by atoms with E-state index in [4.69, 9.17) is 9.47 Å². The van der Waals surface area contributed by atoms with E-state index in [0.717, 1.165) is 18.7 Å². The van der Waals surface area contributed by atoms with Gasteiger partial charge >= 0.3 is 0 Å². The number of methoxy groups -OCH3 is 2. The van der Waals surface area contributed by atoms with Crippen molar-refractivity contribution < 1.29 is 9.47 Å². The summed E-state index contributed by atoms with van der Waals surface area (Å²) in [6, 6.07) is 0.191. The minimum absolute atomic E-state index is 0.191. The van der Waals surface area contributed by atoms with Crippen molar-refractivity contribution in [1.29, 1.82) is 0 Å². The predicted molar refractivity (Wildman–Crippen MR) is 81.7 cm³/mol. The van der Waals surface area contributed by atoms with Crippen molar-refractivity contribution in [2.45, 2.75) is 37.5 Å². The summed E-state index contributed by atoms with van der Waals surface area (Å²) >= 11 is 2.01. The molecule has 1 aliphatic heterocycles. The Labute approximate surface area is 124 Å². The summed E-state index contributed by atoms with van der Waals surface area (Å²) in [4.78, 5) is 8.88.